The summed E-state index contributed by atoms with van der Waals surface area (Å²) in [6.07, 6.45) is 0.445. The smallest absolute Gasteiger partial charge is 0.387 e. The van der Waals surface area contributed by atoms with Crippen LogP contribution in [0.1, 0.15) is 21.7 Å². The number of carbonyl (C=O) groups is 1. The highest BCUT2D eigenvalue weighted by molar-refractivity contribution is 6.33. The number of nitrogens with one attached hydrogen (secondary N) is 1. The van der Waals surface area contributed by atoms with Gasteiger partial charge >= 0.3 is 6.61 Å². The molecule has 3 rings (SSSR count). The van der Waals surface area contributed by atoms with Gasteiger partial charge in [0.25, 0.3) is 5.91 Å². The summed E-state index contributed by atoms with van der Waals surface area (Å²) in [6.45, 7) is -1.09. The molecule has 0 saturated carbocycles. The first-order chi connectivity index (χ1) is 13.9. The number of hydrogen-bond donors (Lipinski definition) is 1. The Hall–Kier alpha value is -3.00. The van der Waals surface area contributed by atoms with E-state index in [1.165, 1.54) is 30.3 Å². The minimum Gasteiger partial charge on any atom is -0.435 e. The highest BCUT2D eigenvalue weighted by Gasteiger charge is 2.25. The Kier molecular flexibility index (Phi) is 6.43. The molecule has 9 heteroatoms. The van der Waals surface area contributed by atoms with E-state index in [9.17, 15) is 18.0 Å². The van der Waals surface area contributed by atoms with Crippen LogP contribution in [0.4, 0.5) is 13.2 Å². The molecule has 0 radical (unpaired) electrons. The van der Waals surface area contributed by atoms with Crippen molar-refractivity contribution in [1.82, 2.24) is 10.5 Å². The second-order valence-corrected chi connectivity index (χ2v) is 6.49. The molecule has 0 spiro atoms. The van der Waals surface area contributed by atoms with Crippen LogP contribution >= 0.6 is 11.6 Å². The molecule has 0 aliphatic heterocycles. The van der Waals surface area contributed by atoms with Gasteiger partial charge in [0.05, 0.1) is 10.6 Å². The summed E-state index contributed by atoms with van der Waals surface area (Å²) in [4.78, 5) is 12.6. The van der Waals surface area contributed by atoms with Crippen LogP contribution in [0.15, 0.2) is 47.0 Å². The maximum Gasteiger partial charge on any atom is 0.387 e. The monoisotopic (exact) mass is 424 g/mol. The number of nitrogens with zero attached hydrogens (tertiary/aromatic N) is 1. The maximum absolute atomic E-state index is 14.2. The molecule has 0 unspecified atom stereocenters. The lowest BCUT2D eigenvalue weighted by molar-refractivity contribution is -0.0498. The van der Waals surface area contributed by atoms with Crippen LogP contribution in [0, 0.1) is 12.7 Å². The van der Waals surface area contributed by atoms with Gasteiger partial charge in [-0.1, -0.05) is 35.0 Å². The molecule has 29 heavy (non-hydrogen) atoms. The Morgan fingerprint density at radius 3 is 2.62 bits per heavy atom. The predicted octanol–water partition coefficient (Wildman–Crippen LogP) is 5.02. The topological polar surface area (TPSA) is 64.4 Å². The molecule has 3 aromatic rings. The van der Waals surface area contributed by atoms with Gasteiger partial charge in [0.1, 0.15) is 28.6 Å². The number of hydrogen-bond acceptors (Lipinski definition) is 4. The summed E-state index contributed by atoms with van der Waals surface area (Å²) in [5.74, 6) is -0.828. The molecule has 0 fully saturated rings. The number of carbonyl (C=O) groups excluding carboxylic acids is 1. The number of ether oxygens (including phenoxy) is 1. The van der Waals surface area contributed by atoms with E-state index in [0.717, 1.165) is 5.56 Å². The Balaban J connectivity index is 1.68. The number of rotatable bonds is 7. The first-order valence-electron chi connectivity index (χ1n) is 8.59. The van der Waals surface area contributed by atoms with E-state index in [4.69, 9.17) is 16.1 Å². The fourth-order valence-corrected chi connectivity index (χ4v) is 3.03. The van der Waals surface area contributed by atoms with Crippen molar-refractivity contribution in [2.75, 3.05) is 6.54 Å². The second-order valence-electron chi connectivity index (χ2n) is 6.09. The van der Waals surface area contributed by atoms with Gasteiger partial charge in [0, 0.05) is 6.54 Å². The highest BCUT2D eigenvalue weighted by atomic mass is 35.5. The molecule has 1 heterocycles. The van der Waals surface area contributed by atoms with Gasteiger partial charge in [-0.2, -0.15) is 8.78 Å². The SMILES string of the molecule is Cc1onc(-c2c(F)cccc2Cl)c1C(=O)NCCc1ccc(OC(F)F)cc1. The lowest BCUT2D eigenvalue weighted by atomic mass is 10.0. The highest BCUT2D eigenvalue weighted by Crippen LogP contribution is 2.33. The zero-order valence-electron chi connectivity index (χ0n) is 15.2. The van der Waals surface area contributed by atoms with Crippen molar-refractivity contribution in [3.63, 3.8) is 0 Å². The van der Waals surface area contributed by atoms with Crippen molar-refractivity contribution in [3.05, 3.63) is 70.2 Å². The summed E-state index contributed by atoms with van der Waals surface area (Å²) >= 11 is 6.07. The molecule has 0 aliphatic rings. The average Bonchev–Trinajstić information content (AvgIpc) is 3.04. The zero-order valence-corrected chi connectivity index (χ0v) is 16.0. The summed E-state index contributed by atoms with van der Waals surface area (Å²) < 4.78 is 47.9. The molecule has 2 aromatic carbocycles. The van der Waals surface area contributed by atoms with Crippen molar-refractivity contribution in [3.8, 4) is 17.0 Å². The van der Waals surface area contributed by atoms with Gasteiger partial charge < -0.3 is 14.6 Å². The maximum atomic E-state index is 14.2. The molecular weight excluding hydrogens is 409 g/mol. The van der Waals surface area contributed by atoms with Crippen LogP contribution in [-0.4, -0.2) is 24.2 Å². The molecule has 1 N–H and O–H groups in total. The number of benzene rings is 2. The first kappa shape index (κ1) is 20.7. The zero-order chi connectivity index (χ0) is 21.0. The molecule has 152 valence electrons. The van der Waals surface area contributed by atoms with E-state index in [2.05, 4.69) is 15.2 Å². The van der Waals surface area contributed by atoms with E-state index in [0.29, 0.717) is 6.42 Å². The summed E-state index contributed by atoms with van der Waals surface area (Å²) in [5.41, 5.74) is 0.923. The molecule has 1 amide bonds. The van der Waals surface area contributed by atoms with Crippen LogP contribution in [0.25, 0.3) is 11.3 Å². The van der Waals surface area contributed by atoms with Gasteiger partial charge in [-0.15, -0.1) is 0 Å². The Morgan fingerprint density at radius 2 is 1.97 bits per heavy atom. The van der Waals surface area contributed by atoms with E-state index in [1.54, 1.807) is 19.1 Å². The number of halogens is 4. The predicted molar refractivity (Wildman–Crippen MR) is 101 cm³/mol. The van der Waals surface area contributed by atoms with E-state index < -0.39 is 18.3 Å². The third-order valence-corrected chi connectivity index (χ3v) is 4.45. The largest absolute Gasteiger partial charge is 0.435 e. The van der Waals surface area contributed by atoms with E-state index in [1.807, 2.05) is 0 Å². The molecule has 1 aromatic heterocycles. The number of alkyl halides is 2. The average molecular weight is 425 g/mol. The van der Waals surface area contributed by atoms with Crippen LogP contribution < -0.4 is 10.1 Å². The van der Waals surface area contributed by atoms with Crippen molar-refractivity contribution in [2.24, 2.45) is 0 Å². The first-order valence-corrected chi connectivity index (χ1v) is 8.97. The normalized spacial score (nSPS) is 11.0. The second kappa shape index (κ2) is 9.00. The van der Waals surface area contributed by atoms with Crippen molar-refractivity contribution in [2.45, 2.75) is 20.0 Å². The van der Waals surface area contributed by atoms with Crippen molar-refractivity contribution >= 4 is 17.5 Å². The van der Waals surface area contributed by atoms with Crippen LogP contribution in [0.3, 0.4) is 0 Å². The number of aryl methyl sites for hydroxylation is 1. The number of amides is 1. The standard InChI is InChI=1S/C20H16ClF3N2O3/c1-11-16(18(26-29-11)17-14(21)3-2-4-15(17)22)19(27)25-10-9-12-5-7-13(8-6-12)28-20(23)24/h2-8,20H,9-10H2,1H3,(H,25,27). The fraction of sp³-hybridized carbons (Fsp3) is 0.200. The van der Waals surface area contributed by atoms with E-state index in [-0.39, 0.29) is 39.9 Å². The fourth-order valence-electron chi connectivity index (χ4n) is 2.78. The van der Waals surface area contributed by atoms with Gasteiger partial charge in [-0.3, -0.25) is 4.79 Å². The van der Waals surface area contributed by atoms with Gasteiger partial charge in [-0.05, 0) is 43.2 Å². The Labute approximate surface area is 169 Å². The molecular formula is C20H16ClF3N2O3. The lowest BCUT2D eigenvalue weighted by Crippen LogP contribution is -2.26. The van der Waals surface area contributed by atoms with Gasteiger partial charge in [-0.25, -0.2) is 4.39 Å². The van der Waals surface area contributed by atoms with Crippen molar-refractivity contribution in [1.29, 1.82) is 0 Å². The quantitative estimate of drug-likeness (QED) is 0.578. The number of aromatic nitrogens is 1. The lowest BCUT2D eigenvalue weighted by Gasteiger charge is -2.08. The molecule has 0 aliphatic carbocycles. The molecule has 0 atom stereocenters. The summed E-state index contributed by atoms with van der Waals surface area (Å²) in [7, 11) is 0. The molecule has 0 saturated heterocycles. The Morgan fingerprint density at radius 1 is 1.24 bits per heavy atom. The third kappa shape index (κ3) is 4.89. The van der Waals surface area contributed by atoms with Gasteiger partial charge in [0.2, 0.25) is 0 Å². The van der Waals surface area contributed by atoms with Crippen LogP contribution in [-0.2, 0) is 6.42 Å². The third-order valence-electron chi connectivity index (χ3n) is 4.14. The van der Waals surface area contributed by atoms with E-state index >= 15 is 0 Å². The van der Waals surface area contributed by atoms with Crippen LogP contribution in [0.2, 0.25) is 5.02 Å². The minimum absolute atomic E-state index is 0.00853. The van der Waals surface area contributed by atoms with Gasteiger partial charge in [0.15, 0.2) is 0 Å². The molecule has 0 bridgehead atoms. The van der Waals surface area contributed by atoms with Crippen LogP contribution in [0.5, 0.6) is 5.75 Å². The summed E-state index contributed by atoms with van der Waals surface area (Å²) in [6, 6.07) is 10.3. The van der Waals surface area contributed by atoms with Crippen molar-refractivity contribution < 1.29 is 27.2 Å². The summed E-state index contributed by atoms with van der Waals surface area (Å²) in [5, 5.41) is 6.62. The molecule has 5 nitrogen and oxygen atoms in total. The minimum atomic E-state index is -2.89. The Bertz CT molecular complexity index is 986.